The molecule has 7 heteroatoms. The Kier molecular flexibility index (Phi) is 5.57. The van der Waals surface area contributed by atoms with Crippen molar-refractivity contribution in [2.24, 2.45) is 5.92 Å². The fraction of sp³-hybridized carbons (Fsp3) is 0.312. The number of amides is 1. The molecule has 0 saturated heterocycles. The minimum absolute atomic E-state index is 0.0682. The molecule has 1 amide bonds. The van der Waals surface area contributed by atoms with Gasteiger partial charge in [0.25, 0.3) is 0 Å². The summed E-state index contributed by atoms with van der Waals surface area (Å²) >= 11 is 0. The second-order valence-electron chi connectivity index (χ2n) is 5.23. The van der Waals surface area contributed by atoms with Crippen molar-refractivity contribution in [3.63, 3.8) is 0 Å². The second-order valence-corrected chi connectivity index (χ2v) is 7.00. The minimum Gasteiger partial charge on any atom is -0.468 e. The van der Waals surface area contributed by atoms with Crippen LogP contribution in [0.25, 0.3) is 0 Å². The van der Waals surface area contributed by atoms with Crippen LogP contribution in [0.15, 0.2) is 52.0 Å². The number of rotatable bonds is 7. The van der Waals surface area contributed by atoms with Crippen LogP contribution < -0.4 is 10.0 Å². The Hall–Kier alpha value is -2.12. The van der Waals surface area contributed by atoms with E-state index >= 15 is 0 Å². The zero-order valence-electron chi connectivity index (χ0n) is 13.1. The van der Waals surface area contributed by atoms with Crippen LogP contribution in [0, 0.1) is 5.92 Å². The second kappa shape index (κ2) is 7.43. The van der Waals surface area contributed by atoms with Crippen molar-refractivity contribution < 1.29 is 17.6 Å². The van der Waals surface area contributed by atoms with E-state index in [4.69, 9.17) is 4.42 Å². The first-order valence-electron chi connectivity index (χ1n) is 7.35. The Morgan fingerprint density at radius 1 is 1.26 bits per heavy atom. The largest absolute Gasteiger partial charge is 0.468 e. The molecule has 0 radical (unpaired) electrons. The molecule has 0 aliphatic rings. The zero-order chi connectivity index (χ0) is 16.9. The number of carbonyl (C=O) groups excluding carboxylic acids is 1. The molecule has 124 valence electrons. The van der Waals surface area contributed by atoms with Crippen LogP contribution in [0.1, 0.15) is 26.0 Å². The first-order valence-corrected chi connectivity index (χ1v) is 8.83. The molecule has 0 aliphatic heterocycles. The van der Waals surface area contributed by atoms with Crippen molar-refractivity contribution >= 4 is 21.6 Å². The lowest BCUT2D eigenvalue weighted by molar-refractivity contribution is -0.119. The predicted molar refractivity (Wildman–Crippen MR) is 87.3 cm³/mol. The Morgan fingerprint density at radius 3 is 2.70 bits per heavy atom. The summed E-state index contributed by atoms with van der Waals surface area (Å²) in [5.74, 6) is 0.257. The average Bonchev–Trinajstić information content (AvgIpc) is 3.06. The Morgan fingerprint density at radius 2 is 2.04 bits per heavy atom. The number of anilines is 1. The number of benzene rings is 1. The van der Waals surface area contributed by atoms with Gasteiger partial charge in [0.2, 0.25) is 15.9 Å². The fourth-order valence-electron chi connectivity index (χ4n) is 1.85. The summed E-state index contributed by atoms with van der Waals surface area (Å²) in [4.78, 5) is 12.0. The van der Waals surface area contributed by atoms with Crippen LogP contribution in [-0.4, -0.2) is 14.3 Å². The molecule has 0 aliphatic carbocycles. The molecule has 0 saturated carbocycles. The third-order valence-corrected chi connectivity index (χ3v) is 4.89. The van der Waals surface area contributed by atoms with Crippen LogP contribution in [0.5, 0.6) is 0 Å². The van der Waals surface area contributed by atoms with Gasteiger partial charge in [0.05, 0.1) is 17.7 Å². The van der Waals surface area contributed by atoms with Gasteiger partial charge in [0.15, 0.2) is 0 Å². The fourth-order valence-corrected chi connectivity index (χ4v) is 2.89. The van der Waals surface area contributed by atoms with E-state index in [9.17, 15) is 13.2 Å². The van der Waals surface area contributed by atoms with E-state index in [-0.39, 0.29) is 23.3 Å². The molecule has 0 spiro atoms. The van der Waals surface area contributed by atoms with Crippen molar-refractivity contribution in [1.29, 1.82) is 0 Å². The zero-order valence-corrected chi connectivity index (χ0v) is 13.9. The molecule has 1 unspecified atom stereocenters. The van der Waals surface area contributed by atoms with Crippen molar-refractivity contribution in [1.82, 2.24) is 4.72 Å². The van der Waals surface area contributed by atoms with Gasteiger partial charge in [0, 0.05) is 11.6 Å². The van der Waals surface area contributed by atoms with Gasteiger partial charge in [-0.3, -0.25) is 4.79 Å². The van der Waals surface area contributed by atoms with E-state index in [1.807, 2.05) is 13.8 Å². The third kappa shape index (κ3) is 4.67. The van der Waals surface area contributed by atoms with Gasteiger partial charge in [0.1, 0.15) is 5.76 Å². The summed E-state index contributed by atoms with van der Waals surface area (Å²) in [7, 11) is -3.68. The van der Waals surface area contributed by atoms with Gasteiger partial charge in [-0.15, -0.1) is 0 Å². The normalized spacial score (nSPS) is 12.8. The number of hydrogen-bond donors (Lipinski definition) is 2. The van der Waals surface area contributed by atoms with E-state index in [0.29, 0.717) is 17.9 Å². The van der Waals surface area contributed by atoms with E-state index in [1.165, 1.54) is 18.4 Å². The van der Waals surface area contributed by atoms with Gasteiger partial charge in [-0.25, -0.2) is 13.1 Å². The quantitative estimate of drug-likeness (QED) is 0.814. The summed E-state index contributed by atoms with van der Waals surface area (Å²) < 4.78 is 32.1. The average molecular weight is 336 g/mol. The number of sulfonamides is 1. The van der Waals surface area contributed by atoms with E-state index in [0.717, 1.165) is 0 Å². The number of hydrogen-bond acceptors (Lipinski definition) is 4. The first kappa shape index (κ1) is 17.2. The van der Waals surface area contributed by atoms with Crippen LogP contribution in [-0.2, 0) is 21.4 Å². The summed E-state index contributed by atoms with van der Waals surface area (Å²) in [6.07, 6.45) is 2.20. The molecule has 1 heterocycles. The maximum atomic E-state index is 12.3. The molecular formula is C16H20N2O4S. The SMILES string of the molecule is CCC(C)C(=O)Nc1cccc(S(=O)(=O)NCc2ccco2)c1. The smallest absolute Gasteiger partial charge is 0.241 e. The Bertz CT molecular complexity index is 754. The monoisotopic (exact) mass is 336 g/mol. The van der Waals surface area contributed by atoms with Crippen molar-refractivity contribution in [3.05, 3.63) is 48.4 Å². The highest BCUT2D eigenvalue weighted by molar-refractivity contribution is 7.89. The molecule has 23 heavy (non-hydrogen) atoms. The number of furan rings is 1. The molecule has 2 rings (SSSR count). The predicted octanol–water partition coefficient (Wildman–Crippen LogP) is 2.74. The molecule has 1 aromatic carbocycles. The van der Waals surface area contributed by atoms with Crippen molar-refractivity contribution in [3.8, 4) is 0 Å². The summed E-state index contributed by atoms with van der Waals surface area (Å²) in [5, 5.41) is 2.73. The highest BCUT2D eigenvalue weighted by Gasteiger charge is 2.16. The van der Waals surface area contributed by atoms with E-state index in [1.54, 1.807) is 24.3 Å². The van der Waals surface area contributed by atoms with Crippen molar-refractivity contribution in [2.75, 3.05) is 5.32 Å². The molecule has 0 bridgehead atoms. The maximum Gasteiger partial charge on any atom is 0.241 e. The minimum atomic E-state index is -3.68. The Labute approximate surface area is 135 Å². The lowest BCUT2D eigenvalue weighted by Crippen LogP contribution is -2.23. The van der Waals surface area contributed by atoms with Gasteiger partial charge in [-0.05, 0) is 36.8 Å². The van der Waals surface area contributed by atoms with Crippen LogP contribution in [0.3, 0.4) is 0 Å². The van der Waals surface area contributed by atoms with Crippen LogP contribution in [0.2, 0.25) is 0 Å². The summed E-state index contributed by atoms with van der Waals surface area (Å²) in [5.41, 5.74) is 0.455. The molecular weight excluding hydrogens is 316 g/mol. The van der Waals surface area contributed by atoms with Crippen LogP contribution >= 0.6 is 0 Å². The van der Waals surface area contributed by atoms with Gasteiger partial charge < -0.3 is 9.73 Å². The number of nitrogens with one attached hydrogen (secondary N) is 2. The standard InChI is InChI=1S/C16H20N2O4S/c1-3-12(2)16(19)18-13-6-4-8-15(10-13)23(20,21)17-11-14-7-5-9-22-14/h4-10,12,17H,3,11H2,1-2H3,(H,18,19). The molecule has 2 N–H and O–H groups in total. The highest BCUT2D eigenvalue weighted by atomic mass is 32.2. The maximum absolute atomic E-state index is 12.3. The molecule has 6 nitrogen and oxygen atoms in total. The highest BCUT2D eigenvalue weighted by Crippen LogP contribution is 2.17. The van der Waals surface area contributed by atoms with E-state index < -0.39 is 10.0 Å². The third-order valence-electron chi connectivity index (χ3n) is 3.49. The molecule has 1 atom stereocenters. The molecule has 0 fully saturated rings. The Balaban J connectivity index is 2.10. The van der Waals surface area contributed by atoms with Crippen molar-refractivity contribution in [2.45, 2.75) is 31.7 Å². The number of carbonyl (C=O) groups is 1. The van der Waals surface area contributed by atoms with Crippen LogP contribution in [0.4, 0.5) is 5.69 Å². The van der Waals surface area contributed by atoms with Gasteiger partial charge in [-0.1, -0.05) is 19.9 Å². The van der Waals surface area contributed by atoms with Gasteiger partial charge in [-0.2, -0.15) is 0 Å². The molecule has 2 aromatic rings. The first-order chi connectivity index (χ1) is 10.9. The molecule has 1 aromatic heterocycles. The lowest BCUT2D eigenvalue weighted by Gasteiger charge is -2.11. The lowest BCUT2D eigenvalue weighted by atomic mass is 10.1. The topological polar surface area (TPSA) is 88.4 Å². The van der Waals surface area contributed by atoms with Gasteiger partial charge >= 0.3 is 0 Å². The van der Waals surface area contributed by atoms with E-state index in [2.05, 4.69) is 10.0 Å². The summed E-state index contributed by atoms with van der Waals surface area (Å²) in [6, 6.07) is 9.54. The summed E-state index contributed by atoms with van der Waals surface area (Å²) in [6.45, 7) is 3.81.